The van der Waals surface area contributed by atoms with Crippen LogP contribution in [-0.4, -0.2) is 0 Å². The van der Waals surface area contributed by atoms with Crippen LogP contribution >= 0.6 is 0 Å². The Morgan fingerprint density at radius 3 is 2.04 bits per heavy atom. The second kappa shape index (κ2) is 6.87. The van der Waals surface area contributed by atoms with Crippen LogP contribution < -0.4 is 5.32 Å². The minimum absolute atomic E-state index is 0.296. The Hall–Kier alpha value is -2.28. The molecule has 1 atom stereocenters. The summed E-state index contributed by atoms with van der Waals surface area (Å²) < 4.78 is 0. The molecule has 1 aliphatic rings. The van der Waals surface area contributed by atoms with Gasteiger partial charge in [0.1, 0.15) is 0 Å². The molecule has 0 aromatic heterocycles. The van der Waals surface area contributed by atoms with Crippen molar-refractivity contribution in [2.24, 2.45) is 0 Å². The zero-order valence-corrected chi connectivity index (χ0v) is 14.2. The summed E-state index contributed by atoms with van der Waals surface area (Å²) in [6.07, 6.45) is 7.59. The van der Waals surface area contributed by atoms with Crippen molar-refractivity contribution in [1.29, 1.82) is 0 Å². The lowest BCUT2D eigenvalue weighted by Crippen LogP contribution is -2.06. The van der Waals surface area contributed by atoms with E-state index in [4.69, 9.17) is 0 Å². The van der Waals surface area contributed by atoms with E-state index in [-0.39, 0.29) is 0 Å². The average molecular weight is 303 g/mol. The Balaban J connectivity index is 1.66. The summed E-state index contributed by atoms with van der Waals surface area (Å²) in [5.41, 5.74) is 6.60. The third kappa shape index (κ3) is 3.73. The summed E-state index contributed by atoms with van der Waals surface area (Å²) >= 11 is 0. The van der Waals surface area contributed by atoms with Gasteiger partial charge < -0.3 is 5.32 Å². The van der Waals surface area contributed by atoms with Crippen LogP contribution in [0.5, 0.6) is 0 Å². The van der Waals surface area contributed by atoms with Crippen molar-refractivity contribution in [3.05, 3.63) is 83.4 Å². The minimum Gasteiger partial charge on any atom is -0.379 e. The van der Waals surface area contributed by atoms with Gasteiger partial charge in [0.05, 0.1) is 0 Å². The van der Waals surface area contributed by atoms with E-state index in [1.165, 1.54) is 28.0 Å². The van der Waals surface area contributed by atoms with Crippen LogP contribution in [0, 0.1) is 0 Å². The van der Waals surface area contributed by atoms with Crippen molar-refractivity contribution in [2.45, 2.75) is 39.2 Å². The highest BCUT2D eigenvalue weighted by molar-refractivity contribution is 5.71. The second-order valence-electron chi connectivity index (χ2n) is 6.59. The number of rotatable bonds is 5. The maximum atomic E-state index is 3.59. The molecule has 1 nitrogen and oxygen atoms in total. The first-order chi connectivity index (χ1) is 11.1. The van der Waals surface area contributed by atoms with E-state index in [0.29, 0.717) is 12.0 Å². The largest absolute Gasteiger partial charge is 0.379 e. The molecule has 1 unspecified atom stereocenters. The van der Waals surface area contributed by atoms with Gasteiger partial charge in [-0.25, -0.2) is 0 Å². The normalized spacial score (nSPS) is 14.9. The molecule has 1 aliphatic carbocycles. The molecule has 0 radical (unpaired) electrons. The summed E-state index contributed by atoms with van der Waals surface area (Å²) in [6, 6.07) is 18.0. The maximum Gasteiger partial charge on any atom is 0.0485 e. The quantitative estimate of drug-likeness (QED) is 0.681. The molecular weight excluding hydrogens is 278 g/mol. The van der Waals surface area contributed by atoms with Gasteiger partial charge in [0.25, 0.3) is 0 Å². The van der Waals surface area contributed by atoms with Gasteiger partial charge in [-0.3, -0.25) is 0 Å². The summed E-state index contributed by atoms with van der Waals surface area (Å²) in [7, 11) is 0. The van der Waals surface area contributed by atoms with E-state index in [9.17, 15) is 0 Å². The second-order valence-corrected chi connectivity index (χ2v) is 6.59. The number of allylic oxidation sites excluding steroid dienone is 4. The molecule has 0 fully saturated rings. The zero-order chi connectivity index (χ0) is 16.2. The first-order valence-electron chi connectivity index (χ1n) is 8.46. The van der Waals surface area contributed by atoms with Crippen molar-refractivity contribution in [2.75, 3.05) is 5.32 Å². The predicted octanol–water partition coefficient (Wildman–Crippen LogP) is 6.33. The van der Waals surface area contributed by atoms with Crippen LogP contribution in [0.2, 0.25) is 0 Å². The Labute approximate surface area is 139 Å². The lowest BCUT2D eigenvalue weighted by molar-refractivity contribution is 0.862. The summed E-state index contributed by atoms with van der Waals surface area (Å²) in [5, 5.41) is 3.59. The first-order valence-corrected chi connectivity index (χ1v) is 8.46. The Bertz CT molecular complexity index is 703. The van der Waals surface area contributed by atoms with Crippen molar-refractivity contribution in [3.63, 3.8) is 0 Å². The van der Waals surface area contributed by atoms with E-state index in [1.807, 2.05) is 0 Å². The topological polar surface area (TPSA) is 12.0 Å². The number of benzene rings is 2. The van der Waals surface area contributed by atoms with Crippen molar-refractivity contribution in [3.8, 4) is 0 Å². The molecule has 3 rings (SSSR count). The highest BCUT2D eigenvalue weighted by Crippen LogP contribution is 2.26. The van der Waals surface area contributed by atoms with Gasteiger partial charge in [-0.2, -0.15) is 0 Å². The molecule has 2 aromatic carbocycles. The van der Waals surface area contributed by atoms with Crippen LogP contribution in [0.3, 0.4) is 0 Å². The predicted molar refractivity (Wildman–Crippen MR) is 101 cm³/mol. The lowest BCUT2D eigenvalue weighted by Gasteiger charge is -2.17. The fourth-order valence-corrected chi connectivity index (χ4v) is 2.94. The SMILES string of the molecule is CC(C)c1ccc(NC(C)c2ccc(C3=CC=CC3)cc2)cc1. The third-order valence-corrected chi connectivity index (χ3v) is 4.51. The molecule has 0 heterocycles. The monoisotopic (exact) mass is 303 g/mol. The average Bonchev–Trinajstić information content (AvgIpc) is 3.10. The smallest absolute Gasteiger partial charge is 0.0485 e. The van der Waals surface area contributed by atoms with E-state index < -0.39 is 0 Å². The van der Waals surface area contributed by atoms with Gasteiger partial charge in [-0.1, -0.05) is 68.5 Å². The van der Waals surface area contributed by atoms with Crippen LogP contribution in [0.4, 0.5) is 5.69 Å². The van der Waals surface area contributed by atoms with Crippen molar-refractivity contribution >= 4 is 11.3 Å². The van der Waals surface area contributed by atoms with E-state index >= 15 is 0 Å². The lowest BCUT2D eigenvalue weighted by atomic mass is 10.0. The van der Waals surface area contributed by atoms with Gasteiger partial charge in [-0.15, -0.1) is 0 Å². The number of hydrogen-bond donors (Lipinski definition) is 1. The Kier molecular flexibility index (Phi) is 4.66. The molecule has 0 spiro atoms. The first kappa shape index (κ1) is 15.6. The molecule has 0 amide bonds. The van der Waals surface area contributed by atoms with Crippen LogP contribution in [0.15, 0.2) is 66.8 Å². The highest BCUT2D eigenvalue weighted by atomic mass is 14.9. The number of anilines is 1. The summed E-state index contributed by atoms with van der Waals surface area (Å²) in [5.74, 6) is 0.577. The van der Waals surface area contributed by atoms with E-state index in [0.717, 1.165) is 6.42 Å². The van der Waals surface area contributed by atoms with Gasteiger partial charge in [0, 0.05) is 11.7 Å². The van der Waals surface area contributed by atoms with Gasteiger partial charge >= 0.3 is 0 Å². The number of hydrogen-bond acceptors (Lipinski definition) is 1. The molecule has 1 heteroatoms. The maximum absolute atomic E-state index is 3.59. The molecule has 0 saturated heterocycles. The Morgan fingerprint density at radius 2 is 1.48 bits per heavy atom. The van der Waals surface area contributed by atoms with Gasteiger partial charge in [-0.05, 0) is 53.7 Å². The molecule has 0 aliphatic heterocycles. The molecule has 1 N–H and O–H groups in total. The molecule has 2 aromatic rings. The highest BCUT2D eigenvalue weighted by Gasteiger charge is 2.08. The fraction of sp³-hybridized carbons (Fsp3) is 0.273. The zero-order valence-electron chi connectivity index (χ0n) is 14.2. The van der Waals surface area contributed by atoms with E-state index in [1.54, 1.807) is 0 Å². The molecule has 0 bridgehead atoms. The fourth-order valence-electron chi connectivity index (χ4n) is 2.94. The minimum atomic E-state index is 0.296. The van der Waals surface area contributed by atoms with Crippen LogP contribution in [0.25, 0.3) is 5.57 Å². The molecular formula is C22H25N. The number of nitrogens with one attached hydrogen (secondary N) is 1. The van der Waals surface area contributed by atoms with Crippen molar-refractivity contribution < 1.29 is 0 Å². The van der Waals surface area contributed by atoms with Gasteiger partial charge in [0.2, 0.25) is 0 Å². The molecule has 0 saturated carbocycles. The van der Waals surface area contributed by atoms with Gasteiger partial charge in [0.15, 0.2) is 0 Å². The van der Waals surface area contributed by atoms with Crippen LogP contribution in [-0.2, 0) is 0 Å². The molecule has 118 valence electrons. The standard InChI is InChI=1S/C22H25N/c1-16(2)18-12-14-22(15-13-18)23-17(3)19-8-10-21(11-9-19)20-6-4-5-7-20/h4-6,8-17,23H,7H2,1-3H3. The third-order valence-electron chi connectivity index (χ3n) is 4.51. The van der Waals surface area contributed by atoms with Crippen molar-refractivity contribution in [1.82, 2.24) is 0 Å². The Morgan fingerprint density at radius 1 is 0.826 bits per heavy atom. The molecule has 23 heavy (non-hydrogen) atoms. The summed E-state index contributed by atoms with van der Waals surface area (Å²) in [6.45, 7) is 6.66. The van der Waals surface area contributed by atoms with Crippen LogP contribution in [0.1, 0.15) is 55.8 Å². The summed E-state index contributed by atoms with van der Waals surface area (Å²) in [4.78, 5) is 0. The van der Waals surface area contributed by atoms with E-state index in [2.05, 4.69) is 92.8 Å².